The molecule has 1 fully saturated rings. The fourth-order valence-electron chi connectivity index (χ4n) is 2.56. The van der Waals surface area contributed by atoms with Gasteiger partial charge in [0.05, 0.1) is 12.2 Å². The summed E-state index contributed by atoms with van der Waals surface area (Å²) >= 11 is 0. The summed E-state index contributed by atoms with van der Waals surface area (Å²) < 4.78 is 5.38. The maximum Gasteiger partial charge on any atom is 0.257 e. The Bertz CT molecular complexity index is 710. The molecule has 1 aromatic carbocycles. The van der Waals surface area contributed by atoms with Crippen LogP contribution in [0.3, 0.4) is 0 Å². The Morgan fingerprint density at radius 1 is 1.08 bits per heavy atom. The summed E-state index contributed by atoms with van der Waals surface area (Å²) in [5, 5.41) is 2.79. The minimum Gasteiger partial charge on any atom is -0.380 e. The molecular weight excluding hydrogens is 306 g/mol. The Kier molecular flexibility index (Phi) is 5.18. The molecule has 0 saturated carbocycles. The standard InChI is InChI=1S/C18H19N3O3/c22-17(15-5-2-7-19-13-15)20-16-6-1-4-14(12-16)18(23)21-8-3-10-24-11-9-21/h1-2,4-7,12-13H,3,8-11H2,(H,20,22). The molecule has 1 N–H and O–H groups in total. The van der Waals surface area contributed by atoms with Crippen molar-refractivity contribution in [2.24, 2.45) is 0 Å². The molecule has 0 atom stereocenters. The van der Waals surface area contributed by atoms with Gasteiger partial charge in [0.2, 0.25) is 0 Å². The van der Waals surface area contributed by atoms with Gasteiger partial charge in [-0.05, 0) is 36.8 Å². The van der Waals surface area contributed by atoms with E-state index in [1.165, 1.54) is 6.20 Å². The number of rotatable bonds is 3. The SMILES string of the molecule is O=C(Nc1cccc(C(=O)N2CCCOCC2)c1)c1cccnc1. The smallest absolute Gasteiger partial charge is 0.257 e. The lowest BCUT2D eigenvalue weighted by Gasteiger charge is -2.20. The molecule has 1 aliphatic rings. The molecule has 124 valence electrons. The van der Waals surface area contributed by atoms with E-state index in [4.69, 9.17) is 4.74 Å². The molecule has 1 aromatic heterocycles. The number of amides is 2. The summed E-state index contributed by atoms with van der Waals surface area (Å²) in [6.07, 6.45) is 3.95. The molecule has 24 heavy (non-hydrogen) atoms. The van der Waals surface area contributed by atoms with Crippen LogP contribution in [0, 0.1) is 0 Å². The average Bonchev–Trinajstić information content (AvgIpc) is 2.91. The van der Waals surface area contributed by atoms with Gasteiger partial charge >= 0.3 is 0 Å². The minimum absolute atomic E-state index is 0.0435. The molecule has 0 aliphatic carbocycles. The number of nitrogens with zero attached hydrogens (tertiary/aromatic N) is 2. The van der Waals surface area contributed by atoms with Gasteiger partial charge in [0.1, 0.15) is 0 Å². The van der Waals surface area contributed by atoms with Crippen molar-refractivity contribution >= 4 is 17.5 Å². The number of hydrogen-bond donors (Lipinski definition) is 1. The lowest BCUT2D eigenvalue weighted by atomic mass is 10.1. The number of carbonyl (C=O) groups is 2. The molecule has 0 spiro atoms. The second-order valence-corrected chi connectivity index (χ2v) is 5.53. The summed E-state index contributed by atoms with van der Waals surface area (Å²) in [7, 11) is 0. The number of anilines is 1. The highest BCUT2D eigenvalue weighted by Crippen LogP contribution is 2.15. The molecular formula is C18H19N3O3. The monoisotopic (exact) mass is 325 g/mol. The van der Waals surface area contributed by atoms with E-state index in [0.29, 0.717) is 43.1 Å². The first-order chi connectivity index (χ1) is 11.7. The summed E-state index contributed by atoms with van der Waals surface area (Å²) in [6.45, 7) is 2.52. The van der Waals surface area contributed by atoms with Gasteiger partial charge in [-0.1, -0.05) is 6.07 Å². The van der Waals surface area contributed by atoms with Crippen molar-refractivity contribution < 1.29 is 14.3 Å². The number of nitrogens with one attached hydrogen (secondary N) is 1. The van der Waals surface area contributed by atoms with Crippen LogP contribution in [0.25, 0.3) is 0 Å². The van der Waals surface area contributed by atoms with E-state index in [1.807, 2.05) is 0 Å². The zero-order chi connectivity index (χ0) is 16.8. The van der Waals surface area contributed by atoms with E-state index in [0.717, 1.165) is 6.42 Å². The summed E-state index contributed by atoms with van der Waals surface area (Å²) in [4.78, 5) is 30.5. The Balaban J connectivity index is 1.71. The number of aromatic nitrogens is 1. The van der Waals surface area contributed by atoms with Gasteiger partial charge in [0, 0.05) is 43.3 Å². The molecule has 2 heterocycles. The number of hydrogen-bond acceptors (Lipinski definition) is 4. The lowest BCUT2D eigenvalue weighted by Crippen LogP contribution is -2.33. The van der Waals surface area contributed by atoms with Crippen LogP contribution in [0.4, 0.5) is 5.69 Å². The van der Waals surface area contributed by atoms with Crippen LogP contribution >= 0.6 is 0 Å². The Labute approximate surface area is 140 Å². The van der Waals surface area contributed by atoms with Crippen LogP contribution in [0.1, 0.15) is 27.1 Å². The third-order valence-corrected chi connectivity index (χ3v) is 3.80. The summed E-state index contributed by atoms with van der Waals surface area (Å²) in [6, 6.07) is 10.4. The first-order valence-electron chi connectivity index (χ1n) is 7.92. The van der Waals surface area contributed by atoms with Crippen molar-refractivity contribution in [2.45, 2.75) is 6.42 Å². The molecule has 6 heteroatoms. The van der Waals surface area contributed by atoms with Crippen molar-refractivity contribution in [3.8, 4) is 0 Å². The minimum atomic E-state index is -0.254. The van der Waals surface area contributed by atoms with Gasteiger partial charge in [0.25, 0.3) is 11.8 Å². The van der Waals surface area contributed by atoms with Gasteiger partial charge in [-0.25, -0.2) is 0 Å². The van der Waals surface area contributed by atoms with Crippen LogP contribution in [0.15, 0.2) is 48.8 Å². The van der Waals surface area contributed by atoms with E-state index in [9.17, 15) is 9.59 Å². The van der Waals surface area contributed by atoms with Crippen molar-refractivity contribution in [3.05, 3.63) is 59.9 Å². The van der Waals surface area contributed by atoms with Crippen molar-refractivity contribution in [3.63, 3.8) is 0 Å². The van der Waals surface area contributed by atoms with E-state index in [1.54, 1.807) is 47.5 Å². The fraction of sp³-hybridized carbons (Fsp3) is 0.278. The maximum atomic E-state index is 12.6. The van der Waals surface area contributed by atoms with Gasteiger partial charge in [-0.15, -0.1) is 0 Å². The third-order valence-electron chi connectivity index (χ3n) is 3.80. The second kappa shape index (κ2) is 7.70. The molecule has 1 aliphatic heterocycles. The normalized spacial score (nSPS) is 14.8. The first kappa shape index (κ1) is 16.1. The highest BCUT2D eigenvalue weighted by Gasteiger charge is 2.18. The molecule has 1 saturated heterocycles. The van der Waals surface area contributed by atoms with Crippen LogP contribution in [0.5, 0.6) is 0 Å². The van der Waals surface area contributed by atoms with E-state index in [2.05, 4.69) is 10.3 Å². The molecule has 0 radical (unpaired) electrons. The number of ether oxygens (including phenoxy) is 1. The third kappa shape index (κ3) is 3.97. The lowest BCUT2D eigenvalue weighted by molar-refractivity contribution is 0.0741. The zero-order valence-corrected chi connectivity index (χ0v) is 13.3. The highest BCUT2D eigenvalue weighted by molar-refractivity contribution is 6.04. The maximum absolute atomic E-state index is 12.6. The predicted molar refractivity (Wildman–Crippen MR) is 90.0 cm³/mol. The zero-order valence-electron chi connectivity index (χ0n) is 13.3. The van der Waals surface area contributed by atoms with Crippen LogP contribution in [-0.4, -0.2) is 48.0 Å². The Morgan fingerprint density at radius 2 is 1.96 bits per heavy atom. The number of pyridine rings is 1. The van der Waals surface area contributed by atoms with Gasteiger partial charge in [0.15, 0.2) is 0 Å². The van der Waals surface area contributed by atoms with E-state index < -0.39 is 0 Å². The second-order valence-electron chi connectivity index (χ2n) is 5.53. The Morgan fingerprint density at radius 3 is 2.79 bits per heavy atom. The van der Waals surface area contributed by atoms with Gasteiger partial charge < -0.3 is 15.0 Å². The van der Waals surface area contributed by atoms with E-state index >= 15 is 0 Å². The van der Waals surface area contributed by atoms with E-state index in [-0.39, 0.29) is 11.8 Å². The van der Waals surface area contributed by atoms with Gasteiger partial charge in [-0.3, -0.25) is 14.6 Å². The molecule has 0 unspecified atom stereocenters. The predicted octanol–water partition coefficient (Wildman–Crippen LogP) is 2.20. The molecule has 0 bridgehead atoms. The number of carbonyl (C=O) groups excluding carboxylic acids is 2. The molecule has 3 rings (SSSR count). The van der Waals surface area contributed by atoms with Crippen LogP contribution < -0.4 is 5.32 Å². The molecule has 2 aromatic rings. The Hall–Kier alpha value is -2.73. The van der Waals surface area contributed by atoms with Crippen LogP contribution in [-0.2, 0) is 4.74 Å². The summed E-state index contributed by atoms with van der Waals surface area (Å²) in [5.74, 6) is -0.297. The molecule has 6 nitrogen and oxygen atoms in total. The fourth-order valence-corrected chi connectivity index (χ4v) is 2.56. The van der Waals surface area contributed by atoms with Crippen molar-refractivity contribution in [1.82, 2.24) is 9.88 Å². The van der Waals surface area contributed by atoms with Crippen molar-refractivity contribution in [2.75, 3.05) is 31.6 Å². The van der Waals surface area contributed by atoms with Gasteiger partial charge in [-0.2, -0.15) is 0 Å². The number of benzene rings is 1. The van der Waals surface area contributed by atoms with Crippen molar-refractivity contribution in [1.29, 1.82) is 0 Å². The summed E-state index contributed by atoms with van der Waals surface area (Å²) in [5.41, 5.74) is 1.61. The quantitative estimate of drug-likeness (QED) is 0.939. The largest absolute Gasteiger partial charge is 0.380 e. The average molecular weight is 325 g/mol. The van der Waals surface area contributed by atoms with Crippen LogP contribution in [0.2, 0.25) is 0 Å². The highest BCUT2D eigenvalue weighted by atomic mass is 16.5. The first-order valence-corrected chi connectivity index (χ1v) is 7.92. The topological polar surface area (TPSA) is 71.5 Å². The molecule has 2 amide bonds.